The fourth-order valence-electron chi connectivity index (χ4n) is 1.92. The van der Waals surface area contributed by atoms with Gasteiger partial charge >= 0.3 is 5.97 Å². The van der Waals surface area contributed by atoms with Gasteiger partial charge < -0.3 is 9.82 Å². The number of amides is 2. The zero-order chi connectivity index (χ0) is 14.1. The highest BCUT2D eigenvalue weighted by atomic mass is 16.7. The molecule has 1 aliphatic heterocycles. The molecule has 0 radical (unpaired) electrons. The van der Waals surface area contributed by atoms with Crippen molar-refractivity contribution in [3.8, 4) is 0 Å². The van der Waals surface area contributed by atoms with E-state index in [0.717, 1.165) is 0 Å². The molecule has 0 aliphatic carbocycles. The SMILES string of the molecule is O=C(Cc1ncc[nH]1)ON1C(=O)c2ccccc2C1=O. The van der Waals surface area contributed by atoms with E-state index in [1.54, 1.807) is 18.3 Å². The van der Waals surface area contributed by atoms with Gasteiger partial charge in [0, 0.05) is 12.4 Å². The molecular formula is C13H9N3O4. The molecule has 1 aromatic carbocycles. The monoisotopic (exact) mass is 271 g/mol. The second-order valence-electron chi connectivity index (χ2n) is 4.13. The van der Waals surface area contributed by atoms with Crippen LogP contribution in [0.1, 0.15) is 26.5 Å². The maximum atomic E-state index is 11.9. The first kappa shape index (κ1) is 12.1. The molecule has 0 atom stereocenters. The van der Waals surface area contributed by atoms with E-state index in [4.69, 9.17) is 4.84 Å². The van der Waals surface area contributed by atoms with E-state index in [1.807, 2.05) is 0 Å². The highest BCUT2D eigenvalue weighted by molar-refractivity contribution is 6.20. The van der Waals surface area contributed by atoms with Crippen molar-refractivity contribution < 1.29 is 19.2 Å². The van der Waals surface area contributed by atoms with Crippen molar-refractivity contribution in [2.75, 3.05) is 0 Å². The number of rotatable bonds is 3. The van der Waals surface area contributed by atoms with Crippen LogP contribution in [0.25, 0.3) is 0 Å². The van der Waals surface area contributed by atoms with Gasteiger partial charge in [-0.3, -0.25) is 9.59 Å². The van der Waals surface area contributed by atoms with E-state index in [1.165, 1.54) is 18.3 Å². The number of hydrogen-bond acceptors (Lipinski definition) is 5. The van der Waals surface area contributed by atoms with Crippen molar-refractivity contribution >= 4 is 17.8 Å². The Bertz CT molecular complexity index is 658. The maximum Gasteiger partial charge on any atom is 0.340 e. The van der Waals surface area contributed by atoms with Crippen LogP contribution in [-0.2, 0) is 16.1 Å². The van der Waals surface area contributed by atoms with E-state index in [2.05, 4.69) is 9.97 Å². The molecule has 1 aliphatic rings. The quantitative estimate of drug-likeness (QED) is 0.830. The number of benzene rings is 1. The summed E-state index contributed by atoms with van der Waals surface area (Å²) in [6, 6.07) is 6.29. The Morgan fingerprint density at radius 3 is 2.40 bits per heavy atom. The smallest absolute Gasteiger partial charge is 0.340 e. The molecule has 1 N–H and O–H groups in total. The molecule has 0 spiro atoms. The molecule has 2 heterocycles. The molecule has 3 rings (SSSR count). The standard InChI is InChI=1S/C13H9N3O4/c17-11(7-10-14-5-6-15-10)20-16-12(18)8-3-1-2-4-9(8)13(16)19/h1-6H,7H2,(H,14,15). The number of carbonyl (C=O) groups is 3. The fourth-order valence-corrected chi connectivity index (χ4v) is 1.92. The van der Waals surface area contributed by atoms with Crippen molar-refractivity contribution in [1.29, 1.82) is 0 Å². The molecule has 100 valence electrons. The van der Waals surface area contributed by atoms with Gasteiger partial charge in [0.25, 0.3) is 11.8 Å². The van der Waals surface area contributed by atoms with E-state index >= 15 is 0 Å². The Labute approximate surface area is 113 Å². The summed E-state index contributed by atoms with van der Waals surface area (Å²) < 4.78 is 0. The van der Waals surface area contributed by atoms with Crippen LogP contribution in [0.3, 0.4) is 0 Å². The third kappa shape index (κ3) is 1.95. The minimum atomic E-state index is -0.741. The predicted octanol–water partition coefficient (Wildman–Crippen LogP) is 0.707. The lowest BCUT2D eigenvalue weighted by molar-refractivity contribution is -0.167. The predicted molar refractivity (Wildman–Crippen MR) is 65.3 cm³/mol. The molecule has 7 heteroatoms. The van der Waals surface area contributed by atoms with Gasteiger partial charge in [-0.05, 0) is 12.1 Å². The average Bonchev–Trinajstić information content (AvgIpc) is 3.03. The third-order valence-electron chi connectivity index (χ3n) is 2.82. The lowest BCUT2D eigenvalue weighted by atomic mass is 10.1. The van der Waals surface area contributed by atoms with Crippen LogP contribution in [0, 0.1) is 0 Å². The second-order valence-corrected chi connectivity index (χ2v) is 4.13. The summed E-state index contributed by atoms with van der Waals surface area (Å²) in [5, 5.41) is 0.482. The fraction of sp³-hybridized carbons (Fsp3) is 0.0769. The summed E-state index contributed by atoms with van der Waals surface area (Å²) in [5.74, 6) is -1.63. The molecule has 1 aromatic heterocycles. The van der Waals surface area contributed by atoms with Crippen molar-refractivity contribution in [2.45, 2.75) is 6.42 Å². The van der Waals surface area contributed by atoms with Crippen LogP contribution >= 0.6 is 0 Å². The van der Waals surface area contributed by atoms with E-state index in [0.29, 0.717) is 10.9 Å². The summed E-state index contributed by atoms with van der Waals surface area (Å²) in [6.07, 6.45) is 2.90. The van der Waals surface area contributed by atoms with Crippen LogP contribution in [0.2, 0.25) is 0 Å². The number of aromatic nitrogens is 2. The average molecular weight is 271 g/mol. The minimum absolute atomic E-state index is 0.152. The number of aromatic amines is 1. The zero-order valence-electron chi connectivity index (χ0n) is 10.2. The molecule has 0 saturated carbocycles. The van der Waals surface area contributed by atoms with E-state index in [-0.39, 0.29) is 17.5 Å². The Balaban J connectivity index is 1.75. The first-order valence-corrected chi connectivity index (χ1v) is 5.83. The Morgan fingerprint density at radius 2 is 1.85 bits per heavy atom. The Hall–Kier alpha value is -2.96. The number of imidazole rings is 1. The summed E-state index contributed by atoms with van der Waals surface area (Å²) >= 11 is 0. The van der Waals surface area contributed by atoms with Crippen LogP contribution in [0.15, 0.2) is 36.7 Å². The normalized spacial score (nSPS) is 13.5. The van der Waals surface area contributed by atoms with Crippen LogP contribution in [-0.4, -0.2) is 32.8 Å². The van der Waals surface area contributed by atoms with Crippen molar-refractivity contribution in [3.05, 3.63) is 53.6 Å². The van der Waals surface area contributed by atoms with Crippen molar-refractivity contribution in [3.63, 3.8) is 0 Å². The summed E-state index contributed by atoms with van der Waals surface area (Å²) in [6.45, 7) is 0. The van der Waals surface area contributed by atoms with Crippen LogP contribution < -0.4 is 0 Å². The van der Waals surface area contributed by atoms with Gasteiger partial charge in [-0.1, -0.05) is 17.2 Å². The molecule has 0 saturated heterocycles. The van der Waals surface area contributed by atoms with Gasteiger partial charge in [0.15, 0.2) is 0 Å². The maximum absolute atomic E-state index is 11.9. The highest BCUT2D eigenvalue weighted by Crippen LogP contribution is 2.22. The lowest BCUT2D eigenvalue weighted by Crippen LogP contribution is -2.33. The Morgan fingerprint density at radius 1 is 1.20 bits per heavy atom. The number of carbonyl (C=O) groups excluding carboxylic acids is 3. The summed E-state index contributed by atoms with van der Waals surface area (Å²) in [5.41, 5.74) is 0.451. The topological polar surface area (TPSA) is 92.4 Å². The van der Waals surface area contributed by atoms with Crippen molar-refractivity contribution in [2.24, 2.45) is 0 Å². The van der Waals surface area contributed by atoms with Gasteiger partial charge in [-0.2, -0.15) is 0 Å². The van der Waals surface area contributed by atoms with Gasteiger partial charge in [0.2, 0.25) is 0 Å². The first-order chi connectivity index (χ1) is 9.66. The van der Waals surface area contributed by atoms with Crippen molar-refractivity contribution in [1.82, 2.24) is 15.0 Å². The molecule has 2 aromatic rings. The van der Waals surface area contributed by atoms with Gasteiger partial charge in [0.1, 0.15) is 12.2 Å². The number of hydroxylamine groups is 2. The molecule has 0 bridgehead atoms. The molecule has 2 amide bonds. The van der Waals surface area contributed by atoms with Gasteiger partial charge in [-0.15, -0.1) is 0 Å². The lowest BCUT2D eigenvalue weighted by Gasteiger charge is -2.11. The van der Waals surface area contributed by atoms with Crippen LogP contribution in [0.4, 0.5) is 0 Å². The summed E-state index contributed by atoms with van der Waals surface area (Å²) in [4.78, 5) is 47.0. The van der Waals surface area contributed by atoms with Gasteiger partial charge in [-0.25, -0.2) is 9.78 Å². The van der Waals surface area contributed by atoms with E-state index < -0.39 is 17.8 Å². The second kappa shape index (κ2) is 4.61. The number of fused-ring (bicyclic) bond motifs is 1. The first-order valence-electron chi connectivity index (χ1n) is 5.83. The van der Waals surface area contributed by atoms with E-state index in [9.17, 15) is 14.4 Å². The largest absolute Gasteiger partial charge is 0.348 e. The molecule has 7 nitrogen and oxygen atoms in total. The molecular weight excluding hydrogens is 262 g/mol. The number of hydrogen-bond donors (Lipinski definition) is 1. The highest BCUT2D eigenvalue weighted by Gasteiger charge is 2.38. The summed E-state index contributed by atoms with van der Waals surface area (Å²) in [7, 11) is 0. The third-order valence-corrected chi connectivity index (χ3v) is 2.82. The zero-order valence-corrected chi connectivity index (χ0v) is 10.2. The Kier molecular flexibility index (Phi) is 2.79. The molecule has 20 heavy (non-hydrogen) atoms. The number of imide groups is 1. The molecule has 0 unspecified atom stereocenters. The minimum Gasteiger partial charge on any atom is -0.348 e. The number of nitrogens with zero attached hydrogens (tertiary/aromatic N) is 2. The molecule has 0 fully saturated rings. The van der Waals surface area contributed by atoms with Gasteiger partial charge in [0.05, 0.1) is 11.1 Å². The number of nitrogens with one attached hydrogen (secondary N) is 1. The number of H-pyrrole nitrogens is 1. The van der Waals surface area contributed by atoms with Crippen LogP contribution in [0.5, 0.6) is 0 Å².